The quantitative estimate of drug-likeness (QED) is 0.614. The minimum atomic E-state index is -0.369. The summed E-state index contributed by atoms with van der Waals surface area (Å²) in [6.45, 7) is 4.16. The van der Waals surface area contributed by atoms with Crippen molar-refractivity contribution in [2.45, 2.75) is 32.7 Å². The standard InChI is InChI=1S/C12H18N2O2/c1-9(2)12(13)7-6-10-4-3-5-11(8-10)14(15)16/h3-5,8-9,12H,6-7,13H2,1-2H3. The van der Waals surface area contributed by atoms with E-state index in [0.717, 1.165) is 18.4 Å². The van der Waals surface area contributed by atoms with Crippen LogP contribution in [0.1, 0.15) is 25.8 Å². The van der Waals surface area contributed by atoms with Crippen LogP contribution in [-0.4, -0.2) is 11.0 Å². The first kappa shape index (κ1) is 12.6. The average Bonchev–Trinajstić information content (AvgIpc) is 2.26. The average molecular weight is 222 g/mol. The fourth-order valence-corrected chi connectivity index (χ4v) is 1.49. The van der Waals surface area contributed by atoms with E-state index in [-0.39, 0.29) is 16.7 Å². The van der Waals surface area contributed by atoms with Gasteiger partial charge in [0.05, 0.1) is 4.92 Å². The predicted molar refractivity (Wildman–Crippen MR) is 64.2 cm³/mol. The number of non-ortho nitro benzene ring substituents is 1. The van der Waals surface area contributed by atoms with E-state index in [1.807, 2.05) is 6.07 Å². The number of nitro benzene ring substituents is 1. The normalized spacial score (nSPS) is 12.8. The van der Waals surface area contributed by atoms with Crippen molar-refractivity contribution in [1.29, 1.82) is 0 Å². The Balaban J connectivity index is 2.61. The third-order valence-corrected chi connectivity index (χ3v) is 2.74. The maximum absolute atomic E-state index is 10.6. The molecule has 0 aliphatic rings. The maximum Gasteiger partial charge on any atom is 0.269 e. The van der Waals surface area contributed by atoms with E-state index >= 15 is 0 Å². The zero-order chi connectivity index (χ0) is 12.1. The van der Waals surface area contributed by atoms with Crippen LogP contribution in [0.25, 0.3) is 0 Å². The van der Waals surface area contributed by atoms with Crippen LogP contribution < -0.4 is 5.73 Å². The fourth-order valence-electron chi connectivity index (χ4n) is 1.49. The van der Waals surface area contributed by atoms with Crippen LogP contribution >= 0.6 is 0 Å². The number of hydrogen-bond donors (Lipinski definition) is 1. The summed E-state index contributed by atoms with van der Waals surface area (Å²) in [6.07, 6.45) is 1.65. The third kappa shape index (κ3) is 3.62. The van der Waals surface area contributed by atoms with Gasteiger partial charge in [-0.1, -0.05) is 26.0 Å². The zero-order valence-electron chi connectivity index (χ0n) is 9.72. The number of aryl methyl sites for hydroxylation is 1. The Labute approximate surface area is 95.6 Å². The number of benzene rings is 1. The van der Waals surface area contributed by atoms with E-state index in [9.17, 15) is 10.1 Å². The van der Waals surface area contributed by atoms with E-state index in [4.69, 9.17) is 5.73 Å². The fraction of sp³-hybridized carbons (Fsp3) is 0.500. The molecule has 0 saturated heterocycles. The van der Waals surface area contributed by atoms with E-state index in [1.54, 1.807) is 12.1 Å². The molecule has 1 aromatic rings. The first-order chi connectivity index (χ1) is 7.50. The van der Waals surface area contributed by atoms with Crippen LogP contribution in [-0.2, 0) is 6.42 Å². The summed E-state index contributed by atoms with van der Waals surface area (Å²) < 4.78 is 0. The van der Waals surface area contributed by atoms with Crippen LogP contribution in [0.5, 0.6) is 0 Å². The van der Waals surface area contributed by atoms with Gasteiger partial charge in [-0.2, -0.15) is 0 Å². The largest absolute Gasteiger partial charge is 0.327 e. The molecule has 1 aromatic carbocycles. The highest BCUT2D eigenvalue weighted by molar-refractivity contribution is 5.34. The molecule has 0 bridgehead atoms. The third-order valence-electron chi connectivity index (χ3n) is 2.74. The summed E-state index contributed by atoms with van der Waals surface area (Å²) in [7, 11) is 0. The summed E-state index contributed by atoms with van der Waals surface area (Å²) >= 11 is 0. The maximum atomic E-state index is 10.6. The lowest BCUT2D eigenvalue weighted by Crippen LogP contribution is -2.26. The Kier molecular flexibility index (Phi) is 4.43. The molecule has 4 nitrogen and oxygen atoms in total. The topological polar surface area (TPSA) is 69.2 Å². The molecular weight excluding hydrogens is 204 g/mol. The van der Waals surface area contributed by atoms with Crippen LogP contribution in [0.4, 0.5) is 5.69 Å². The molecule has 88 valence electrons. The van der Waals surface area contributed by atoms with Crippen molar-refractivity contribution in [2.75, 3.05) is 0 Å². The highest BCUT2D eigenvalue weighted by atomic mass is 16.6. The van der Waals surface area contributed by atoms with Gasteiger partial charge in [-0.15, -0.1) is 0 Å². The highest BCUT2D eigenvalue weighted by Gasteiger charge is 2.09. The summed E-state index contributed by atoms with van der Waals surface area (Å²) in [4.78, 5) is 10.2. The predicted octanol–water partition coefficient (Wildman–Crippen LogP) is 2.51. The second-order valence-electron chi connectivity index (χ2n) is 4.37. The van der Waals surface area contributed by atoms with Gasteiger partial charge in [0.2, 0.25) is 0 Å². The van der Waals surface area contributed by atoms with Gasteiger partial charge in [0.25, 0.3) is 5.69 Å². The molecule has 0 aliphatic heterocycles. The molecule has 0 radical (unpaired) electrons. The lowest BCUT2D eigenvalue weighted by atomic mass is 9.97. The van der Waals surface area contributed by atoms with Crippen molar-refractivity contribution >= 4 is 5.69 Å². The van der Waals surface area contributed by atoms with E-state index in [0.29, 0.717) is 5.92 Å². The minimum absolute atomic E-state index is 0.149. The van der Waals surface area contributed by atoms with Gasteiger partial charge in [0.15, 0.2) is 0 Å². The molecule has 0 amide bonds. The van der Waals surface area contributed by atoms with Gasteiger partial charge in [-0.05, 0) is 24.3 Å². The Morgan fingerprint density at radius 2 is 2.12 bits per heavy atom. The second-order valence-corrected chi connectivity index (χ2v) is 4.37. The van der Waals surface area contributed by atoms with Crippen LogP contribution in [0.15, 0.2) is 24.3 Å². The molecule has 1 atom stereocenters. The summed E-state index contributed by atoms with van der Waals surface area (Å²) in [5, 5.41) is 10.6. The number of nitrogens with zero attached hydrogens (tertiary/aromatic N) is 1. The summed E-state index contributed by atoms with van der Waals surface area (Å²) in [6, 6.07) is 6.90. The Bertz CT molecular complexity index is 364. The lowest BCUT2D eigenvalue weighted by Gasteiger charge is -2.14. The van der Waals surface area contributed by atoms with Gasteiger partial charge in [0, 0.05) is 18.2 Å². The number of nitrogens with two attached hydrogens (primary N) is 1. The number of rotatable bonds is 5. The van der Waals surface area contributed by atoms with Crippen LogP contribution in [0.3, 0.4) is 0 Å². The van der Waals surface area contributed by atoms with Crippen LogP contribution in [0, 0.1) is 16.0 Å². The second kappa shape index (κ2) is 5.61. The summed E-state index contributed by atoms with van der Waals surface area (Å²) in [5.41, 5.74) is 7.05. The number of hydrogen-bond acceptors (Lipinski definition) is 3. The van der Waals surface area contributed by atoms with Crippen molar-refractivity contribution in [1.82, 2.24) is 0 Å². The van der Waals surface area contributed by atoms with Gasteiger partial charge >= 0.3 is 0 Å². The molecule has 4 heteroatoms. The first-order valence-electron chi connectivity index (χ1n) is 5.49. The SMILES string of the molecule is CC(C)C(N)CCc1cccc([N+](=O)[O-])c1. The Hall–Kier alpha value is -1.42. The molecule has 0 aromatic heterocycles. The molecule has 0 saturated carbocycles. The highest BCUT2D eigenvalue weighted by Crippen LogP contribution is 2.15. The molecule has 0 spiro atoms. The Morgan fingerprint density at radius 3 is 2.69 bits per heavy atom. The molecule has 16 heavy (non-hydrogen) atoms. The van der Waals surface area contributed by atoms with Crippen molar-refractivity contribution in [2.24, 2.45) is 11.7 Å². The van der Waals surface area contributed by atoms with Gasteiger partial charge in [-0.25, -0.2) is 0 Å². The van der Waals surface area contributed by atoms with E-state index < -0.39 is 0 Å². The first-order valence-corrected chi connectivity index (χ1v) is 5.49. The van der Waals surface area contributed by atoms with Crippen molar-refractivity contribution in [3.63, 3.8) is 0 Å². The summed E-state index contributed by atoms with van der Waals surface area (Å²) in [5.74, 6) is 0.443. The molecule has 1 unspecified atom stereocenters. The zero-order valence-corrected chi connectivity index (χ0v) is 9.72. The number of nitro groups is 1. The molecule has 1 rings (SSSR count). The van der Waals surface area contributed by atoms with Crippen molar-refractivity contribution in [3.05, 3.63) is 39.9 Å². The van der Waals surface area contributed by atoms with Crippen LogP contribution in [0.2, 0.25) is 0 Å². The molecule has 2 N–H and O–H groups in total. The van der Waals surface area contributed by atoms with Gasteiger partial charge in [-0.3, -0.25) is 10.1 Å². The lowest BCUT2D eigenvalue weighted by molar-refractivity contribution is -0.384. The van der Waals surface area contributed by atoms with Crippen molar-refractivity contribution < 1.29 is 4.92 Å². The Morgan fingerprint density at radius 1 is 1.44 bits per heavy atom. The van der Waals surface area contributed by atoms with Gasteiger partial charge in [0.1, 0.15) is 0 Å². The minimum Gasteiger partial charge on any atom is -0.327 e. The molecule has 0 heterocycles. The molecular formula is C12H18N2O2. The monoisotopic (exact) mass is 222 g/mol. The van der Waals surface area contributed by atoms with Gasteiger partial charge < -0.3 is 5.73 Å². The van der Waals surface area contributed by atoms with E-state index in [1.165, 1.54) is 6.07 Å². The van der Waals surface area contributed by atoms with E-state index in [2.05, 4.69) is 13.8 Å². The smallest absolute Gasteiger partial charge is 0.269 e. The molecule has 0 fully saturated rings. The molecule has 0 aliphatic carbocycles. The van der Waals surface area contributed by atoms with Crippen molar-refractivity contribution in [3.8, 4) is 0 Å².